The summed E-state index contributed by atoms with van der Waals surface area (Å²) in [6.45, 7) is 3.39. The minimum atomic E-state index is -1.60. The molecular formula is C12H19NO8. The van der Waals surface area contributed by atoms with E-state index in [1.807, 2.05) is 0 Å². The molecule has 0 aliphatic carbocycles. The number of amides is 1. The van der Waals surface area contributed by atoms with Crippen LogP contribution in [0.2, 0.25) is 0 Å². The Balaban J connectivity index is 2.87. The van der Waals surface area contributed by atoms with Crippen LogP contribution in [0.1, 0.15) is 20.8 Å². The zero-order chi connectivity index (χ0) is 16.2. The highest BCUT2D eigenvalue weighted by atomic mass is 16.7. The van der Waals surface area contributed by atoms with Gasteiger partial charge in [0.1, 0.15) is 12.2 Å². The Morgan fingerprint density at radius 2 is 1.57 bits per heavy atom. The number of carbonyl (C=O) groups excluding carboxylic acids is 3. The molecule has 0 aromatic carbocycles. The molecule has 0 bridgehead atoms. The molecule has 1 aliphatic heterocycles. The lowest BCUT2D eigenvalue weighted by Crippen LogP contribution is -2.62. The third-order valence-electron chi connectivity index (χ3n) is 2.79. The number of aliphatic hydroxyl groups is 2. The maximum Gasteiger partial charge on any atom is 0.303 e. The fourth-order valence-electron chi connectivity index (χ4n) is 1.96. The van der Waals surface area contributed by atoms with Gasteiger partial charge in [0.2, 0.25) is 5.91 Å². The molecule has 3 N–H and O–H groups in total. The normalized spacial score (nSPS) is 32.1. The van der Waals surface area contributed by atoms with Gasteiger partial charge in [-0.3, -0.25) is 14.4 Å². The summed E-state index contributed by atoms with van der Waals surface area (Å²) in [5.41, 5.74) is 0. The van der Waals surface area contributed by atoms with Crippen LogP contribution in [-0.4, -0.2) is 65.3 Å². The number of rotatable bonds is 4. The molecule has 5 atom stereocenters. The molecule has 1 heterocycles. The summed E-state index contributed by atoms with van der Waals surface area (Å²) in [4.78, 5) is 33.0. The molecule has 9 heteroatoms. The molecule has 1 saturated heterocycles. The second kappa shape index (κ2) is 7.34. The maximum atomic E-state index is 11.1. The van der Waals surface area contributed by atoms with Gasteiger partial charge in [-0.05, 0) is 0 Å². The summed E-state index contributed by atoms with van der Waals surface area (Å²) >= 11 is 0. The van der Waals surface area contributed by atoms with Crippen molar-refractivity contribution in [1.82, 2.24) is 5.32 Å². The lowest BCUT2D eigenvalue weighted by molar-refractivity contribution is -0.287. The number of hydrogen-bond donors (Lipinski definition) is 3. The van der Waals surface area contributed by atoms with Gasteiger partial charge in [0, 0.05) is 27.3 Å². The summed E-state index contributed by atoms with van der Waals surface area (Å²) in [7, 11) is 0. The third kappa shape index (κ3) is 4.96. The largest absolute Gasteiger partial charge is 0.455 e. The molecule has 120 valence electrons. The van der Waals surface area contributed by atoms with E-state index < -0.39 is 42.6 Å². The van der Waals surface area contributed by atoms with Gasteiger partial charge in [0.25, 0.3) is 0 Å². The highest BCUT2D eigenvalue weighted by molar-refractivity contribution is 5.72. The highest BCUT2D eigenvalue weighted by Gasteiger charge is 2.48. The lowest BCUT2D eigenvalue weighted by atomic mass is 9.98. The van der Waals surface area contributed by atoms with Crippen molar-refractivity contribution in [1.29, 1.82) is 0 Å². The molecule has 1 rings (SSSR count). The average molecular weight is 305 g/mol. The predicted molar refractivity (Wildman–Crippen MR) is 66.7 cm³/mol. The van der Waals surface area contributed by atoms with Crippen LogP contribution < -0.4 is 5.32 Å². The van der Waals surface area contributed by atoms with Crippen LogP contribution in [0.3, 0.4) is 0 Å². The fourth-order valence-corrected chi connectivity index (χ4v) is 1.96. The Morgan fingerprint density at radius 1 is 1.05 bits per heavy atom. The van der Waals surface area contributed by atoms with Gasteiger partial charge in [0.05, 0.1) is 0 Å². The van der Waals surface area contributed by atoms with Crippen molar-refractivity contribution in [2.45, 2.75) is 51.5 Å². The van der Waals surface area contributed by atoms with Crippen molar-refractivity contribution in [2.75, 3.05) is 6.54 Å². The molecule has 0 radical (unpaired) electrons. The van der Waals surface area contributed by atoms with Crippen molar-refractivity contribution in [3.8, 4) is 0 Å². The molecule has 1 amide bonds. The zero-order valence-electron chi connectivity index (χ0n) is 11.9. The minimum Gasteiger partial charge on any atom is -0.455 e. The number of esters is 2. The van der Waals surface area contributed by atoms with Crippen LogP contribution in [0.4, 0.5) is 0 Å². The third-order valence-corrected chi connectivity index (χ3v) is 2.79. The minimum absolute atomic E-state index is 0.0991. The van der Waals surface area contributed by atoms with Crippen molar-refractivity contribution >= 4 is 17.8 Å². The fraction of sp³-hybridized carbons (Fsp3) is 0.750. The van der Waals surface area contributed by atoms with Crippen molar-refractivity contribution < 1.29 is 38.8 Å². The highest BCUT2D eigenvalue weighted by Crippen LogP contribution is 2.25. The number of hydrogen-bond acceptors (Lipinski definition) is 8. The van der Waals surface area contributed by atoms with Gasteiger partial charge in [-0.25, -0.2) is 0 Å². The smallest absolute Gasteiger partial charge is 0.303 e. The molecule has 21 heavy (non-hydrogen) atoms. The Morgan fingerprint density at radius 3 is 2.05 bits per heavy atom. The van der Waals surface area contributed by atoms with Crippen LogP contribution in [0.5, 0.6) is 0 Å². The summed E-state index contributed by atoms with van der Waals surface area (Å²) in [5, 5.41) is 22.4. The first kappa shape index (κ1) is 17.3. The molecule has 1 aliphatic rings. The Bertz CT molecular complexity index is 412. The van der Waals surface area contributed by atoms with Gasteiger partial charge in [-0.15, -0.1) is 0 Å². The monoisotopic (exact) mass is 305 g/mol. The van der Waals surface area contributed by atoms with E-state index in [2.05, 4.69) is 5.32 Å². The van der Waals surface area contributed by atoms with Crippen LogP contribution >= 0.6 is 0 Å². The standard InChI is InChI=1S/C12H19NO8/c1-5(14)13-4-8-9(17)10(19-6(2)15)11(12(18)21-8)20-7(3)16/h8-12,17-18H,4H2,1-3H3,(H,13,14)/t8-,9-,10+,11-,12-/m1/s1. The molecule has 0 aromatic heterocycles. The number of carbonyl (C=O) groups is 3. The molecular weight excluding hydrogens is 286 g/mol. The quantitative estimate of drug-likeness (QED) is 0.511. The molecule has 1 fully saturated rings. The van der Waals surface area contributed by atoms with Crippen molar-refractivity contribution in [3.05, 3.63) is 0 Å². The Labute approximate surface area is 121 Å². The first-order chi connectivity index (χ1) is 9.72. The van der Waals surface area contributed by atoms with E-state index in [1.54, 1.807) is 0 Å². The molecule has 0 saturated carbocycles. The SMILES string of the molecule is CC(=O)NC[C@H]1O[C@@H](O)[C@H](OC(C)=O)[C@@H](OC(C)=O)[C@@H]1O. The first-order valence-corrected chi connectivity index (χ1v) is 6.32. The van der Waals surface area contributed by atoms with E-state index in [9.17, 15) is 24.6 Å². The second-order valence-electron chi connectivity index (χ2n) is 4.64. The van der Waals surface area contributed by atoms with Crippen LogP contribution in [0.15, 0.2) is 0 Å². The zero-order valence-corrected chi connectivity index (χ0v) is 11.9. The van der Waals surface area contributed by atoms with Gasteiger partial charge in [-0.1, -0.05) is 0 Å². The first-order valence-electron chi connectivity index (χ1n) is 6.32. The summed E-state index contributed by atoms with van der Waals surface area (Å²) in [5.74, 6) is -1.80. The van der Waals surface area contributed by atoms with Crippen LogP contribution in [0, 0.1) is 0 Å². The molecule has 9 nitrogen and oxygen atoms in total. The molecule has 0 unspecified atom stereocenters. The Kier molecular flexibility index (Phi) is 6.06. The van der Waals surface area contributed by atoms with Gasteiger partial charge < -0.3 is 29.7 Å². The predicted octanol–water partition coefficient (Wildman–Crippen LogP) is -1.94. The number of aliphatic hydroxyl groups excluding tert-OH is 2. The molecule has 0 spiro atoms. The summed E-state index contributed by atoms with van der Waals surface area (Å²) in [6.07, 6.45) is -6.64. The maximum absolute atomic E-state index is 11.1. The van der Waals surface area contributed by atoms with Crippen LogP contribution in [-0.2, 0) is 28.6 Å². The summed E-state index contributed by atoms with van der Waals surface area (Å²) < 4.78 is 14.8. The molecule has 0 aromatic rings. The summed E-state index contributed by atoms with van der Waals surface area (Å²) in [6, 6.07) is 0. The van der Waals surface area contributed by atoms with E-state index in [0.717, 1.165) is 13.8 Å². The number of nitrogens with one attached hydrogen (secondary N) is 1. The second-order valence-corrected chi connectivity index (χ2v) is 4.64. The van der Waals surface area contributed by atoms with Gasteiger partial charge in [-0.2, -0.15) is 0 Å². The van der Waals surface area contributed by atoms with E-state index in [0.29, 0.717) is 0 Å². The van der Waals surface area contributed by atoms with Crippen LogP contribution in [0.25, 0.3) is 0 Å². The number of ether oxygens (including phenoxy) is 3. The van der Waals surface area contributed by atoms with E-state index in [1.165, 1.54) is 6.92 Å². The Hall–Kier alpha value is -1.71. The van der Waals surface area contributed by atoms with E-state index in [4.69, 9.17) is 14.2 Å². The van der Waals surface area contributed by atoms with Gasteiger partial charge in [0.15, 0.2) is 18.5 Å². The van der Waals surface area contributed by atoms with E-state index in [-0.39, 0.29) is 12.5 Å². The van der Waals surface area contributed by atoms with Gasteiger partial charge >= 0.3 is 11.9 Å². The van der Waals surface area contributed by atoms with Crippen molar-refractivity contribution in [3.63, 3.8) is 0 Å². The average Bonchev–Trinajstić information content (AvgIpc) is 2.35. The topological polar surface area (TPSA) is 131 Å². The lowest BCUT2D eigenvalue weighted by Gasteiger charge is -2.41. The van der Waals surface area contributed by atoms with E-state index >= 15 is 0 Å². The van der Waals surface area contributed by atoms with Crippen molar-refractivity contribution in [2.24, 2.45) is 0 Å².